The van der Waals surface area contributed by atoms with Gasteiger partial charge < -0.3 is 4.74 Å². The van der Waals surface area contributed by atoms with Crippen LogP contribution in [0.2, 0.25) is 0 Å². The van der Waals surface area contributed by atoms with Gasteiger partial charge in [0.05, 0.1) is 22.4 Å². The largest absolute Gasteiger partial charge is 0.460 e. The number of aromatic nitrogens is 2. The third kappa shape index (κ3) is 5.83. The Morgan fingerprint density at radius 2 is 1.83 bits per heavy atom. The van der Waals surface area contributed by atoms with Gasteiger partial charge in [0.1, 0.15) is 11.4 Å². The summed E-state index contributed by atoms with van der Waals surface area (Å²) in [6.45, 7) is 7.61. The monoisotopic (exact) mass is 394 g/mol. The quantitative estimate of drug-likeness (QED) is 0.392. The first-order chi connectivity index (χ1) is 13.7. The number of hydrogen-bond donors (Lipinski definition) is 0. The van der Waals surface area contributed by atoms with Gasteiger partial charge in [-0.05, 0) is 76.8 Å². The van der Waals surface area contributed by atoms with Gasteiger partial charge in [-0.1, -0.05) is 18.2 Å². The fourth-order valence-electron chi connectivity index (χ4n) is 3.20. The van der Waals surface area contributed by atoms with Gasteiger partial charge in [-0.15, -0.1) is 0 Å². The van der Waals surface area contributed by atoms with Gasteiger partial charge in [-0.25, -0.2) is 14.4 Å². The second-order valence-electron chi connectivity index (χ2n) is 8.31. The molecule has 0 saturated heterocycles. The molecule has 0 aliphatic carbocycles. The number of halogens is 1. The highest BCUT2D eigenvalue weighted by Gasteiger charge is 2.16. The van der Waals surface area contributed by atoms with E-state index < -0.39 is 5.60 Å². The summed E-state index contributed by atoms with van der Waals surface area (Å²) in [5.74, 6) is -0.493. The van der Waals surface area contributed by atoms with Gasteiger partial charge >= 0.3 is 5.97 Å². The number of carbonyl (C=O) groups is 1. The van der Waals surface area contributed by atoms with Crippen LogP contribution in [0.25, 0.3) is 22.3 Å². The zero-order valence-corrected chi connectivity index (χ0v) is 17.5. The maximum atomic E-state index is 13.8. The van der Waals surface area contributed by atoms with Crippen LogP contribution in [0.1, 0.15) is 51.3 Å². The molecule has 29 heavy (non-hydrogen) atoms. The average Bonchev–Trinajstić information content (AvgIpc) is 2.63. The summed E-state index contributed by atoms with van der Waals surface area (Å²) < 4.78 is 19.1. The van der Waals surface area contributed by atoms with Crippen molar-refractivity contribution in [2.24, 2.45) is 0 Å². The molecular formula is C24H27FN2O2. The van der Waals surface area contributed by atoms with Crippen LogP contribution in [-0.4, -0.2) is 21.5 Å². The van der Waals surface area contributed by atoms with E-state index in [1.165, 1.54) is 12.1 Å². The molecule has 3 aromatic rings. The topological polar surface area (TPSA) is 52.1 Å². The summed E-state index contributed by atoms with van der Waals surface area (Å²) in [5, 5.41) is 0. The minimum Gasteiger partial charge on any atom is -0.460 e. The lowest BCUT2D eigenvalue weighted by Crippen LogP contribution is -2.23. The number of rotatable bonds is 6. The number of unbranched alkanes of at least 4 members (excludes halogenated alkanes) is 1. The fourth-order valence-corrected chi connectivity index (χ4v) is 3.20. The maximum Gasteiger partial charge on any atom is 0.306 e. The van der Waals surface area contributed by atoms with E-state index in [1.807, 2.05) is 52.0 Å². The molecule has 0 aliphatic heterocycles. The normalized spacial score (nSPS) is 11.6. The van der Waals surface area contributed by atoms with E-state index in [1.54, 1.807) is 6.07 Å². The molecule has 0 fully saturated rings. The van der Waals surface area contributed by atoms with Gasteiger partial charge in [-0.3, -0.25) is 4.79 Å². The highest BCUT2D eigenvalue weighted by atomic mass is 19.1. The molecule has 3 rings (SSSR count). The molecule has 0 N–H and O–H groups in total. The first kappa shape index (κ1) is 20.9. The number of aryl methyl sites for hydroxylation is 2. The third-order valence-corrected chi connectivity index (χ3v) is 4.45. The maximum absolute atomic E-state index is 13.8. The van der Waals surface area contributed by atoms with E-state index in [9.17, 15) is 9.18 Å². The van der Waals surface area contributed by atoms with Gasteiger partial charge in [0, 0.05) is 12.0 Å². The van der Waals surface area contributed by atoms with Crippen LogP contribution in [0.3, 0.4) is 0 Å². The minimum absolute atomic E-state index is 0.192. The molecule has 0 saturated carbocycles. The van der Waals surface area contributed by atoms with E-state index >= 15 is 0 Å². The van der Waals surface area contributed by atoms with E-state index in [0.29, 0.717) is 30.5 Å². The second kappa shape index (κ2) is 8.68. The van der Waals surface area contributed by atoms with Crippen molar-refractivity contribution >= 4 is 17.0 Å². The molecule has 1 heterocycles. The predicted octanol–water partition coefficient (Wildman–Crippen LogP) is 5.80. The summed E-state index contributed by atoms with van der Waals surface area (Å²) in [6.07, 6.45) is 2.50. The number of nitrogens with zero attached hydrogens (tertiary/aromatic N) is 2. The van der Waals surface area contributed by atoms with Gasteiger partial charge in [-0.2, -0.15) is 0 Å². The van der Waals surface area contributed by atoms with Crippen molar-refractivity contribution in [3.05, 3.63) is 59.5 Å². The van der Waals surface area contributed by atoms with Crippen LogP contribution < -0.4 is 0 Å². The van der Waals surface area contributed by atoms with E-state index in [4.69, 9.17) is 14.7 Å². The Bertz CT molecular complexity index is 1030. The Morgan fingerprint density at radius 3 is 2.55 bits per heavy atom. The number of carbonyl (C=O) groups excluding carboxylic acids is 1. The molecular weight excluding hydrogens is 367 g/mol. The molecule has 1 aromatic heterocycles. The van der Waals surface area contributed by atoms with E-state index in [-0.39, 0.29) is 11.8 Å². The van der Waals surface area contributed by atoms with Crippen LogP contribution in [-0.2, 0) is 16.0 Å². The van der Waals surface area contributed by atoms with Gasteiger partial charge in [0.15, 0.2) is 0 Å². The zero-order valence-electron chi connectivity index (χ0n) is 17.5. The molecule has 0 unspecified atom stereocenters. The Balaban J connectivity index is 1.81. The lowest BCUT2D eigenvalue weighted by Gasteiger charge is -2.19. The number of esters is 1. The van der Waals surface area contributed by atoms with Gasteiger partial charge in [0.2, 0.25) is 0 Å². The summed E-state index contributed by atoms with van der Waals surface area (Å²) in [6, 6.07) is 12.4. The standard InChI is InChI=1S/C24H27FN2O2/c1-16-12-13-19-21(14-16)26-20(10-5-6-11-22(28)29-24(2,3)4)23(27-19)17-8-7-9-18(25)15-17/h7-9,12-15H,5-6,10-11H2,1-4H3. The SMILES string of the molecule is Cc1ccc2nc(-c3cccc(F)c3)c(CCCCC(=O)OC(C)(C)C)nc2c1. The molecule has 0 aliphatic rings. The Kier molecular flexibility index (Phi) is 6.26. The third-order valence-electron chi connectivity index (χ3n) is 4.45. The number of fused-ring (bicyclic) bond motifs is 1. The molecule has 5 heteroatoms. The summed E-state index contributed by atoms with van der Waals surface area (Å²) in [5.41, 5.74) is 4.47. The highest BCUT2D eigenvalue weighted by Crippen LogP contribution is 2.26. The predicted molar refractivity (Wildman–Crippen MR) is 113 cm³/mol. The smallest absolute Gasteiger partial charge is 0.306 e. The second-order valence-corrected chi connectivity index (χ2v) is 8.31. The van der Waals surface area contributed by atoms with Crippen molar-refractivity contribution in [2.45, 2.75) is 59.0 Å². The lowest BCUT2D eigenvalue weighted by atomic mass is 10.0. The van der Waals surface area contributed by atoms with E-state index in [0.717, 1.165) is 28.7 Å². The van der Waals surface area contributed by atoms with Crippen LogP contribution in [0.4, 0.5) is 4.39 Å². The average molecular weight is 394 g/mol. The lowest BCUT2D eigenvalue weighted by molar-refractivity contribution is -0.154. The molecule has 0 radical (unpaired) electrons. The van der Waals surface area contributed by atoms with Crippen LogP contribution in [0, 0.1) is 12.7 Å². The Hall–Kier alpha value is -2.82. The fraction of sp³-hybridized carbons (Fsp3) is 0.375. The van der Waals surface area contributed by atoms with Crippen molar-refractivity contribution in [3.8, 4) is 11.3 Å². The number of hydrogen-bond acceptors (Lipinski definition) is 4. The number of benzene rings is 2. The Morgan fingerprint density at radius 1 is 1.03 bits per heavy atom. The minimum atomic E-state index is -0.469. The Labute approximate surface area is 171 Å². The first-order valence-electron chi connectivity index (χ1n) is 9.96. The van der Waals surface area contributed by atoms with Crippen molar-refractivity contribution in [1.29, 1.82) is 0 Å². The zero-order chi connectivity index (χ0) is 21.0. The summed E-state index contributed by atoms with van der Waals surface area (Å²) in [4.78, 5) is 21.5. The summed E-state index contributed by atoms with van der Waals surface area (Å²) in [7, 11) is 0. The van der Waals surface area contributed by atoms with Crippen LogP contribution in [0.15, 0.2) is 42.5 Å². The molecule has 0 bridgehead atoms. The first-order valence-corrected chi connectivity index (χ1v) is 9.96. The van der Waals surface area contributed by atoms with Crippen molar-refractivity contribution in [3.63, 3.8) is 0 Å². The molecule has 0 spiro atoms. The molecule has 2 aromatic carbocycles. The summed E-state index contributed by atoms with van der Waals surface area (Å²) >= 11 is 0. The van der Waals surface area contributed by atoms with E-state index in [2.05, 4.69) is 0 Å². The van der Waals surface area contributed by atoms with Crippen molar-refractivity contribution in [2.75, 3.05) is 0 Å². The molecule has 4 nitrogen and oxygen atoms in total. The molecule has 0 atom stereocenters. The number of ether oxygens (including phenoxy) is 1. The highest BCUT2D eigenvalue weighted by molar-refractivity contribution is 5.79. The molecule has 152 valence electrons. The van der Waals surface area contributed by atoms with Crippen molar-refractivity contribution in [1.82, 2.24) is 9.97 Å². The van der Waals surface area contributed by atoms with Crippen molar-refractivity contribution < 1.29 is 13.9 Å². The van der Waals surface area contributed by atoms with Crippen LogP contribution >= 0.6 is 0 Å². The van der Waals surface area contributed by atoms with Gasteiger partial charge in [0.25, 0.3) is 0 Å². The van der Waals surface area contributed by atoms with Crippen LogP contribution in [0.5, 0.6) is 0 Å². The molecule has 0 amide bonds.